The largest absolute Gasteiger partial charge is 0.383 e. The number of anilines is 1. The average molecular weight is 347 g/mol. The monoisotopic (exact) mass is 347 g/mol. The van der Waals surface area contributed by atoms with E-state index < -0.39 is 18.6 Å². The molecule has 2 unspecified atom stereocenters. The van der Waals surface area contributed by atoms with Gasteiger partial charge in [-0.15, -0.1) is 0 Å². The summed E-state index contributed by atoms with van der Waals surface area (Å²) >= 11 is 3.44. The molecule has 12 heteroatoms. The Morgan fingerprint density at radius 3 is 3.14 bits per heavy atom. The topological polar surface area (TPSA) is 145 Å². The summed E-state index contributed by atoms with van der Waals surface area (Å²) in [6.45, 7) is -3.87. The van der Waals surface area contributed by atoms with Crippen molar-refractivity contribution in [2.75, 3.05) is 12.3 Å². The standard InChI is InChI=1S/C10H14N5O5PS/c11-10-13-8-7(9(16)14-10)12-4-15(8)6-2-1-5(20-6)3-19-21(17,18)22/h4-6H,1-3H2,(H2,17,18,22)(H3,11,13,14,16)/t5-,6?/m0/s1. The highest BCUT2D eigenvalue weighted by molar-refractivity contribution is 8.44. The van der Waals surface area contributed by atoms with Crippen molar-refractivity contribution in [2.45, 2.75) is 25.2 Å². The second kappa shape index (κ2) is 5.67. The van der Waals surface area contributed by atoms with Crippen molar-refractivity contribution < 1.29 is 18.7 Å². The number of fused-ring (bicyclic) bond motifs is 1. The predicted molar refractivity (Wildman–Crippen MR) is 80.5 cm³/mol. The van der Waals surface area contributed by atoms with E-state index in [4.69, 9.17) is 19.9 Å². The Kier molecular flexibility index (Phi) is 4.00. The maximum Gasteiger partial charge on any atom is 0.383 e. The molecule has 0 radical (unpaired) electrons. The summed E-state index contributed by atoms with van der Waals surface area (Å²) in [5, 5.41) is 0. The Hall–Kier alpha value is -1.39. The zero-order valence-corrected chi connectivity index (χ0v) is 13.0. The number of aromatic nitrogens is 4. The number of hydrogen-bond acceptors (Lipinski definition) is 7. The minimum atomic E-state index is -3.83. The lowest BCUT2D eigenvalue weighted by Gasteiger charge is -2.15. The molecule has 0 aliphatic carbocycles. The molecule has 0 aromatic carbocycles. The van der Waals surface area contributed by atoms with Gasteiger partial charge in [-0.3, -0.25) is 18.9 Å². The second-order valence-electron chi connectivity index (χ2n) is 4.85. The minimum absolute atomic E-state index is 0.00609. The van der Waals surface area contributed by atoms with Crippen LogP contribution in [-0.2, 0) is 13.8 Å². The maximum atomic E-state index is 11.7. The van der Waals surface area contributed by atoms with Gasteiger partial charge in [0.25, 0.3) is 5.56 Å². The molecule has 120 valence electrons. The van der Waals surface area contributed by atoms with Crippen LogP contribution in [0.15, 0.2) is 11.1 Å². The van der Waals surface area contributed by atoms with Crippen molar-refractivity contribution >= 4 is 36.2 Å². The van der Waals surface area contributed by atoms with Crippen molar-refractivity contribution in [3.05, 3.63) is 16.7 Å². The van der Waals surface area contributed by atoms with Gasteiger partial charge < -0.3 is 15.4 Å². The van der Waals surface area contributed by atoms with Crippen LogP contribution in [0.3, 0.4) is 0 Å². The smallest absolute Gasteiger partial charge is 0.369 e. The number of nitrogens with zero attached hydrogens (tertiary/aromatic N) is 3. The molecule has 4 N–H and O–H groups in total. The molecule has 3 atom stereocenters. The first-order chi connectivity index (χ1) is 10.3. The highest BCUT2D eigenvalue weighted by atomic mass is 32.7. The van der Waals surface area contributed by atoms with Crippen molar-refractivity contribution in [1.82, 2.24) is 19.5 Å². The summed E-state index contributed by atoms with van der Waals surface area (Å²) in [6.07, 6.45) is 1.95. The predicted octanol–water partition coefficient (Wildman–Crippen LogP) is 0.426. The van der Waals surface area contributed by atoms with Crippen LogP contribution in [0, 0.1) is 0 Å². The number of H-pyrrole nitrogens is 1. The summed E-state index contributed by atoms with van der Waals surface area (Å²) < 4.78 is 23.1. The van der Waals surface area contributed by atoms with Gasteiger partial charge in [-0.1, -0.05) is 12.2 Å². The van der Waals surface area contributed by atoms with Crippen LogP contribution in [-0.4, -0.2) is 37.1 Å². The molecule has 0 spiro atoms. The summed E-state index contributed by atoms with van der Waals surface area (Å²) in [4.78, 5) is 31.2. The van der Waals surface area contributed by atoms with E-state index in [0.29, 0.717) is 18.5 Å². The lowest BCUT2D eigenvalue weighted by atomic mass is 10.2. The lowest BCUT2D eigenvalue weighted by Crippen LogP contribution is -2.17. The molecule has 22 heavy (non-hydrogen) atoms. The Labute approximate surface area is 129 Å². The summed E-state index contributed by atoms with van der Waals surface area (Å²) in [5.41, 5.74) is 5.62. The van der Waals surface area contributed by atoms with E-state index in [-0.39, 0.29) is 24.2 Å². The molecular formula is C10H14N5O5PS. The van der Waals surface area contributed by atoms with Crippen molar-refractivity contribution in [3.8, 4) is 0 Å². The van der Waals surface area contributed by atoms with Gasteiger partial charge in [-0.05, 0) is 12.8 Å². The number of hydrogen-bond donors (Lipinski definition) is 4. The Morgan fingerprint density at radius 1 is 1.64 bits per heavy atom. The second-order valence-corrected chi connectivity index (χ2v) is 7.61. The van der Waals surface area contributed by atoms with Crippen LogP contribution in [0.2, 0.25) is 0 Å². The number of nitrogens with one attached hydrogen (secondary N) is 1. The number of nitrogen functional groups attached to an aromatic ring is 1. The molecule has 0 amide bonds. The third kappa shape index (κ3) is 3.18. The van der Waals surface area contributed by atoms with E-state index in [1.807, 2.05) is 0 Å². The third-order valence-corrected chi connectivity index (χ3v) is 4.11. The number of thiol groups is 1. The van der Waals surface area contributed by atoms with Crippen molar-refractivity contribution in [1.29, 1.82) is 0 Å². The summed E-state index contributed by atoms with van der Waals surface area (Å²) in [7, 11) is 0. The van der Waals surface area contributed by atoms with Crippen LogP contribution in [0.5, 0.6) is 0 Å². The number of aromatic amines is 1. The number of nitrogens with two attached hydrogens (primary N) is 1. The molecule has 1 aliphatic heterocycles. The zero-order chi connectivity index (χ0) is 15.9. The summed E-state index contributed by atoms with van der Waals surface area (Å²) in [6, 6.07) is 0. The number of rotatable bonds is 4. The van der Waals surface area contributed by atoms with E-state index in [1.54, 1.807) is 4.57 Å². The van der Waals surface area contributed by atoms with E-state index in [0.717, 1.165) is 0 Å². The highest BCUT2D eigenvalue weighted by Crippen LogP contribution is 2.47. The zero-order valence-electron chi connectivity index (χ0n) is 11.2. The number of imidazole rings is 1. The normalized spacial score (nSPS) is 24.6. The van der Waals surface area contributed by atoms with E-state index in [9.17, 15) is 9.36 Å². The molecule has 0 bridgehead atoms. The first kappa shape index (κ1) is 15.5. The molecule has 0 saturated carbocycles. The van der Waals surface area contributed by atoms with Gasteiger partial charge in [0.05, 0.1) is 19.0 Å². The first-order valence-electron chi connectivity index (χ1n) is 6.41. The quantitative estimate of drug-likeness (QED) is 0.460. The molecule has 3 rings (SSSR count). The van der Waals surface area contributed by atoms with Crippen molar-refractivity contribution in [2.24, 2.45) is 0 Å². The SMILES string of the molecule is Nc1nc2c(ncn2C2CC[C@@H](COP(=O)(O)S)O2)c(=O)[nH]1. The molecule has 10 nitrogen and oxygen atoms in total. The molecule has 2 aromatic rings. The van der Waals surface area contributed by atoms with Gasteiger partial charge in [0, 0.05) is 0 Å². The maximum absolute atomic E-state index is 11.7. The highest BCUT2D eigenvalue weighted by Gasteiger charge is 2.30. The van der Waals surface area contributed by atoms with Crippen molar-refractivity contribution in [3.63, 3.8) is 0 Å². The summed E-state index contributed by atoms with van der Waals surface area (Å²) in [5.74, 6) is -0.00609. The number of ether oxygens (including phenoxy) is 1. The minimum Gasteiger partial charge on any atom is -0.369 e. The van der Waals surface area contributed by atoms with Gasteiger partial charge in [-0.25, -0.2) is 9.55 Å². The fourth-order valence-corrected chi connectivity index (χ4v) is 2.91. The van der Waals surface area contributed by atoms with Gasteiger partial charge in [-0.2, -0.15) is 4.98 Å². The molecule has 1 fully saturated rings. The fourth-order valence-electron chi connectivity index (χ4n) is 2.35. The van der Waals surface area contributed by atoms with Crippen LogP contribution in [0.4, 0.5) is 5.95 Å². The van der Waals surface area contributed by atoms with E-state index in [1.165, 1.54) is 6.33 Å². The Morgan fingerprint density at radius 2 is 2.41 bits per heavy atom. The Balaban J connectivity index is 1.79. The molecular weight excluding hydrogens is 333 g/mol. The van der Waals surface area contributed by atoms with Gasteiger partial charge in [0.1, 0.15) is 6.23 Å². The van der Waals surface area contributed by atoms with Crippen LogP contribution >= 0.6 is 19.0 Å². The molecule has 1 aliphatic rings. The van der Waals surface area contributed by atoms with Gasteiger partial charge in [0.15, 0.2) is 11.2 Å². The van der Waals surface area contributed by atoms with Crippen LogP contribution in [0.1, 0.15) is 19.1 Å². The third-order valence-electron chi connectivity index (χ3n) is 3.27. The van der Waals surface area contributed by atoms with Gasteiger partial charge in [0.2, 0.25) is 5.95 Å². The molecule has 3 heterocycles. The van der Waals surface area contributed by atoms with Gasteiger partial charge >= 0.3 is 6.80 Å². The van der Waals surface area contributed by atoms with E-state index in [2.05, 4.69) is 27.2 Å². The molecule has 1 saturated heterocycles. The van der Waals surface area contributed by atoms with Crippen LogP contribution < -0.4 is 11.3 Å². The van der Waals surface area contributed by atoms with E-state index >= 15 is 0 Å². The van der Waals surface area contributed by atoms with Crippen LogP contribution in [0.25, 0.3) is 11.2 Å². The first-order valence-corrected chi connectivity index (χ1v) is 9.14. The lowest BCUT2D eigenvalue weighted by molar-refractivity contribution is -0.0166. The average Bonchev–Trinajstić information content (AvgIpc) is 3.01. The Bertz CT molecular complexity index is 801. The fraction of sp³-hybridized carbons (Fsp3) is 0.500. The molecule has 2 aromatic heterocycles.